The lowest BCUT2D eigenvalue weighted by Gasteiger charge is -2.34. The zero-order valence-corrected chi connectivity index (χ0v) is 10.7. The molecule has 88 valence electrons. The SMILES string of the molecule is Cc1cncc(CN(C)CC2CC(Cl)C2)c1. The number of nitrogens with zero attached hydrogens (tertiary/aromatic N) is 2. The Morgan fingerprint density at radius 2 is 2.19 bits per heavy atom. The second-order valence-electron chi connectivity index (χ2n) is 5.00. The molecule has 0 radical (unpaired) electrons. The molecule has 2 rings (SSSR count). The molecule has 1 fully saturated rings. The summed E-state index contributed by atoms with van der Waals surface area (Å²) in [5.74, 6) is 0.797. The Balaban J connectivity index is 1.80. The first-order valence-corrected chi connectivity index (χ1v) is 6.30. The van der Waals surface area contributed by atoms with Gasteiger partial charge in [0.25, 0.3) is 0 Å². The van der Waals surface area contributed by atoms with Crippen LogP contribution < -0.4 is 0 Å². The fraction of sp³-hybridized carbons (Fsp3) is 0.615. The molecular formula is C13H19ClN2. The first kappa shape index (κ1) is 11.9. The molecule has 1 aromatic rings. The van der Waals surface area contributed by atoms with Crippen molar-refractivity contribution in [3.8, 4) is 0 Å². The molecule has 0 spiro atoms. The van der Waals surface area contributed by atoms with Crippen LogP contribution in [0.3, 0.4) is 0 Å². The molecule has 1 saturated carbocycles. The number of halogens is 1. The molecule has 16 heavy (non-hydrogen) atoms. The van der Waals surface area contributed by atoms with Crippen LogP contribution in [0.15, 0.2) is 18.5 Å². The van der Waals surface area contributed by atoms with Crippen molar-refractivity contribution in [2.24, 2.45) is 5.92 Å². The molecule has 3 heteroatoms. The maximum absolute atomic E-state index is 5.98. The summed E-state index contributed by atoms with van der Waals surface area (Å²) in [5, 5.41) is 0.430. The number of alkyl halides is 1. The fourth-order valence-corrected chi connectivity index (χ4v) is 2.83. The van der Waals surface area contributed by atoms with Crippen molar-refractivity contribution in [1.29, 1.82) is 0 Å². The maximum Gasteiger partial charge on any atom is 0.0342 e. The van der Waals surface area contributed by atoms with Crippen LogP contribution in [0.5, 0.6) is 0 Å². The molecule has 0 bridgehead atoms. The molecule has 1 aliphatic rings. The van der Waals surface area contributed by atoms with Gasteiger partial charge >= 0.3 is 0 Å². The van der Waals surface area contributed by atoms with Crippen LogP contribution in [0.25, 0.3) is 0 Å². The van der Waals surface area contributed by atoms with Gasteiger partial charge < -0.3 is 4.90 Å². The van der Waals surface area contributed by atoms with Crippen LogP contribution in [0.4, 0.5) is 0 Å². The summed E-state index contributed by atoms with van der Waals surface area (Å²) in [4.78, 5) is 6.58. The highest BCUT2D eigenvalue weighted by Crippen LogP contribution is 2.32. The second kappa shape index (κ2) is 5.15. The Morgan fingerprint density at radius 3 is 2.81 bits per heavy atom. The third kappa shape index (κ3) is 3.19. The van der Waals surface area contributed by atoms with Gasteiger partial charge in [0, 0.05) is 30.9 Å². The van der Waals surface area contributed by atoms with Gasteiger partial charge in [0.15, 0.2) is 0 Å². The van der Waals surface area contributed by atoms with Crippen LogP contribution in [-0.4, -0.2) is 28.9 Å². The van der Waals surface area contributed by atoms with E-state index in [4.69, 9.17) is 11.6 Å². The molecule has 0 aliphatic heterocycles. The first-order chi connectivity index (χ1) is 7.63. The molecule has 0 amide bonds. The van der Waals surface area contributed by atoms with Gasteiger partial charge in [-0.15, -0.1) is 11.6 Å². The number of rotatable bonds is 4. The Bertz CT molecular complexity index is 348. The Morgan fingerprint density at radius 1 is 1.44 bits per heavy atom. The van der Waals surface area contributed by atoms with Crippen molar-refractivity contribution in [2.75, 3.05) is 13.6 Å². The molecule has 0 unspecified atom stereocenters. The standard InChI is InChI=1S/C13H19ClN2/c1-10-3-12(7-15-6-10)9-16(2)8-11-4-13(14)5-11/h3,6-7,11,13H,4-5,8-9H2,1-2H3. The molecule has 2 nitrogen and oxygen atoms in total. The zero-order valence-electron chi connectivity index (χ0n) is 9.99. The van der Waals surface area contributed by atoms with E-state index < -0.39 is 0 Å². The molecule has 0 N–H and O–H groups in total. The summed E-state index contributed by atoms with van der Waals surface area (Å²) >= 11 is 5.98. The molecule has 0 saturated heterocycles. The summed E-state index contributed by atoms with van der Waals surface area (Å²) in [5.41, 5.74) is 2.53. The van der Waals surface area contributed by atoms with Gasteiger partial charge in [-0.25, -0.2) is 0 Å². The van der Waals surface area contributed by atoms with E-state index in [2.05, 4.69) is 29.9 Å². The monoisotopic (exact) mass is 238 g/mol. The molecule has 1 heterocycles. The Kier molecular flexibility index (Phi) is 3.82. The number of aromatic nitrogens is 1. The zero-order chi connectivity index (χ0) is 11.5. The van der Waals surface area contributed by atoms with E-state index in [1.165, 1.54) is 24.0 Å². The number of pyridine rings is 1. The third-order valence-electron chi connectivity index (χ3n) is 3.13. The lowest BCUT2D eigenvalue weighted by molar-refractivity contribution is 0.204. The van der Waals surface area contributed by atoms with Crippen molar-refractivity contribution in [1.82, 2.24) is 9.88 Å². The molecule has 1 aromatic heterocycles. The van der Waals surface area contributed by atoms with E-state index in [0.717, 1.165) is 19.0 Å². The minimum atomic E-state index is 0.430. The highest BCUT2D eigenvalue weighted by atomic mass is 35.5. The Hall–Kier alpha value is -0.600. The number of hydrogen-bond acceptors (Lipinski definition) is 2. The second-order valence-corrected chi connectivity index (χ2v) is 5.62. The predicted molar refractivity (Wildman–Crippen MR) is 67.7 cm³/mol. The summed E-state index contributed by atoms with van der Waals surface area (Å²) in [6.45, 7) is 4.22. The minimum Gasteiger partial charge on any atom is -0.302 e. The minimum absolute atomic E-state index is 0.430. The van der Waals surface area contributed by atoms with Gasteiger partial charge in [-0.3, -0.25) is 4.98 Å². The normalized spacial score (nSPS) is 24.5. The third-order valence-corrected chi connectivity index (χ3v) is 3.49. The van der Waals surface area contributed by atoms with E-state index in [1.54, 1.807) is 0 Å². The molecular weight excluding hydrogens is 220 g/mol. The summed E-state index contributed by atoms with van der Waals surface area (Å²) in [7, 11) is 2.17. The first-order valence-electron chi connectivity index (χ1n) is 5.86. The topological polar surface area (TPSA) is 16.1 Å². The van der Waals surface area contributed by atoms with E-state index in [-0.39, 0.29) is 0 Å². The average molecular weight is 239 g/mol. The van der Waals surface area contributed by atoms with Gasteiger partial charge in [-0.2, -0.15) is 0 Å². The summed E-state index contributed by atoms with van der Waals surface area (Å²) in [6, 6.07) is 2.20. The molecule has 0 atom stereocenters. The largest absolute Gasteiger partial charge is 0.302 e. The van der Waals surface area contributed by atoms with Crippen LogP contribution in [-0.2, 0) is 6.54 Å². The summed E-state index contributed by atoms with van der Waals surface area (Å²) < 4.78 is 0. The highest BCUT2D eigenvalue weighted by molar-refractivity contribution is 6.21. The Labute approximate surface area is 103 Å². The fourth-order valence-electron chi connectivity index (χ4n) is 2.32. The van der Waals surface area contributed by atoms with Gasteiger partial charge in [-0.05, 0) is 43.9 Å². The summed E-state index contributed by atoms with van der Waals surface area (Å²) in [6.07, 6.45) is 6.21. The lowest BCUT2D eigenvalue weighted by Crippen LogP contribution is -2.34. The van der Waals surface area contributed by atoms with E-state index in [1.807, 2.05) is 12.4 Å². The van der Waals surface area contributed by atoms with Gasteiger partial charge in [0.05, 0.1) is 0 Å². The lowest BCUT2D eigenvalue weighted by atomic mass is 9.84. The van der Waals surface area contributed by atoms with Crippen LogP contribution in [0, 0.1) is 12.8 Å². The smallest absolute Gasteiger partial charge is 0.0342 e. The quantitative estimate of drug-likeness (QED) is 0.750. The van der Waals surface area contributed by atoms with Crippen molar-refractivity contribution >= 4 is 11.6 Å². The molecule has 1 aliphatic carbocycles. The van der Waals surface area contributed by atoms with Crippen LogP contribution in [0.2, 0.25) is 0 Å². The van der Waals surface area contributed by atoms with Gasteiger partial charge in [0.1, 0.15) is 0 Å². The van der Waals surface area contributed by atoms with Crippen molar-refractivity contribution in [3.05, 3.63) is 29.6 Å². The van der Waals surface area contributed by atoms with Gasteiger partial charge in [-0.1, -0.05) is 6.07 Å². The van der Waals surface area contributed by atoms with E-state index in [0.29, 0.717) is 5.38 Å². The highest BCUT2D eigenvalue weighted by Gasteiger charge is 2.27. The number of aryl methyl sites for hydroxylation is 1. The average Bonchev–Trinajstić information content (AvgIpc) is 2.15. The van der Waals surface area contributed by atoms with Crippen LogP contribution >= 0.6 is 11.6 Å². The van der Waals surface area contributed by atoms with Crippen LogP contribution in [0.1, 0.15) is 24.0 Å². The van der Waals surface area contributed by atoms with Crippen molar-refractivity contribution in [2.45, 2.75) is 31.7 Å². The van der Waals surface area contributed by atoms with E-state index in [9.17, 15) is 0 Å². The van der Waals surface area contributed by atoms with Gasteiger partial charge in [0.2, 0.25) is 0 Å². The maximum atomic E-state index is 5.98. The van der Waals surface area contributed by atoms with E-state index >= 15 is 0 Å². The number of hydrogen-bond donors (Lipinski definition) is 0. The van der Waals surface area contributed by atoms with Crippen molar-refractivity contribution in [3.63, 3.8) is 0 Å². The predicted octanol–water partition coefficient (Wildman–Crippen LogP) is 2.84. The molecule has 0 aromatic carbocycles. The van der Waals surface area contributed by atoms with Crippen molar-refractivity contribution < 1.29 is 0 Å².